The summed E-state index contributed by atoms with van der Waals surface area (Å²) in [5.41, 5.74) is 1.70. The first-order valence-electron chi connectivity index (χ1n) is 8.94. The fraction of sp³-hybridized carbons (Fsp3) is 0.136. The van der Waals surface area contributed by atoms with E-state index in [1.54, 1.807) is 35.6 Å². The Morgan fingerprint density at radius 3 is 2.41 bits per heavy atom. The summed E-state index contributed by atoms with van der Waals surface area (Å²) in [5.74, 6) is -1.35. The topological polar surface area (TPSA) is 24.8 Å². The molecular formula is C22H15F3N2OS. The zero-order valence-electron chi connectivity index (χ0n) is 15.3. The van der Waals surface area contributed by atoms with Gasteiger partial charge in [0.25, 0.3) is 0 Å². The Morgan fingerprint density at radius 1 is 1.03 bits per heavy atom. The molecule has 0 saturated carbocycles. The molecule has 0 saturated heterocycles. The number of hydrazone groups is 1. The monoisotopic (exact) mass is 412 g/mol. The van der Waals surface area contributed by atoms with E-state index < -0.39 is 17.2 Å². The normalized spacial score (nSPS) is 22.6. The van der Waals surface area contributed by atoms with Crippen molar-refractivity contribution >= 4 is 22.7 Å². The highest BCUT2D eigenvalue weighted by molar-refractivity contribution is 7.08. The predicted molar refractivity (Wildman–Crippen MR) is 107 cm³/mol. The van der Waals surface area contributed by atoms with Gasteiger partial charge in [-0.1, -0.05) is 12.1 Å². The predicted octanol–water partition coefficient (Wildman–Crippen LogP) is 5.46. The highest BCUT2D eigenvalue weighted by Gasteiger charge is 2.63. The molecule has 2 atom stereocenters. The van der Waals surface area contributed by atoms with Gasteiger partial charge in [-0.05, 0) is 58.3 Å². The number of hydrogen-bond acceptors (Lipinski definition) is 4. The van der Waals surface area contributed by atoms with Crippen molar-refractivity contribution in [1.29, 1.82) is 0 Å². The fourth-order valence-electron chi connectivity index (χ4n) is 3.96. The number of benzene rings is 2. The summed E-state index contributed by atoms with van der Waals surface area (Å²) in [5, 5.41) is 10.2. The van der Waals surface area contributed by atoms with Gasteiger partial charge in [0, 0.05) is 6.07 Å². The first-order chi connectivity index (χ1) is 14.0. The molecule has 1 aromatic heterocycles. The van der Waals surface area contributed by atoms with E-state index in [2.05, 4.69) is 0 Å². The number of methoxy groups -OCH3 is 1. The molecule has 1 spiro atoms. The third-order valence-electron chi connectivity index (χ3n) is 5.31. The van der Waals surface area contributed by atoms with Crippen molar-refractivity contribution in [3.63, 3.8) is 0 Å². The van der Waals surface area contributed by atoms with Gasteiger partial charge in [0.05, 0.1) is 24.4 Å². The van der Waals surface area contributed by atoms with Crippen LogP contribution in [-0.4, -0.2) is 18.4 Å². The maximum atomic E-state index is 14.7. The number of halogens is 3. The lowest BCUT2D eigenvalue weighted by Gasteiger charge is -2.29. The van der Waals surface area contributed by atoms with E-state index in [9.17, 15) is 13.2 Å². The third-order valence-corrected chi connectivity index (χ3v) is 6.01. The first-order valence-corrected chi connectivity index (χ1v) is 9.88. The Balaban J connectivity index is 1.70. The number of ether oxygens (including phenoxy) is 1. The third kappa shape index (κ3) is 2.68. The fourth-order valence-corrected chi connectivity index (χ4v) is 4.64. The minimum Gasteiger partial charge on any atom is -0.498 e. The minimum atomic E-state index is -0.821. The van der Waals surface area contributed by atoms with E-state index >= 15 is 0 Å². The summed E-state index contributed by atoms with van der Waals surface area (Å²) in [6.45, 7) is 0. The van der Waals surface area contributed by atoms with Crippen LogP contribution in [0.15, 0.2) is 76.2 Å². The maximum Gasteiger partial charge on any atom is 0.154 e. The Hall–Kier alpha value is -3.06. The number of rotatable bonds is 4. The van der Waals surface area contributed by atoms with Crippen LogP contribution in [0, 0.1) is 17.5 Å². The van der Waals surface area contributed by atoms with Gasteiger partial charge in [-0.25, -0.2) is 18.2 Å². The lowest BCUT2D eigenvalue weighted by Crippen LogP contribution is -2.38. The van der Waals surface area contributed by atoms with Crippen LogP contribution in [0.1, 0.15) is 17.0 Å². The van der Waals surface area contributed by atoms with Crippen LogP contribution in [0.5, 0.6) is 0 Å². The van der Waals surface area contributed by atoms with Crippen molar-refractivity contribution in [3.05, 3.63) is 99.7 Å². The van der Waals surface area contributed by atoms with Gasteiger partial charge >= 0.3 is 0 Å². The molecule has 2 aliphatic rings. The SMILES string of the molecule is COC1=CC12C(c1ccsc1)C(c1ccc(F)cc1)=NN2c1ccc(F)cc1F. The van der Waals surface area contributed by atoms with E-state index in [1.165, 1.54) is 24.3 Å². The summed E-state index contributed by atoms with van der Waals surface area (Å²) in [4.78, 5) is 0. The number of anilines is 1. The maximum absolute atomic E-state index is 14.7. The Morgan fingerprint density at radius 2 is 1.79 bits per heavy atom. The molecule has 1 aliphatic heterocycles. The quantitative estimate of drug-likeness (QED) is 0.569. The molecule has 1 aliphatic carbocycles. The van der Waals surface area contributed by atoms with Crippen LogP contribution >= 0.6 is 11.3 Å². The number of thiophene rings is 1. The largest absolute Gasteiger partial charge is 0.498 e. The highest BCUT2D eigenvalue weighted by Crippen LogP contribution is 2.57. The van der Waals surface area contributed by atoms with E-state index in [1.807, 2.05) is 22.9 Å². The van der Waals surface area contributed by atoms with Gasteiger partial charge in [0.2, 0.25) is 0 Å². The molecule has 0 N–H and O–H groups in total. The van der Waals surface area contributed by atoms with Crippen LogP contribution in [0.3, 0.4) is 0 Å². The molecule has 3 aromatic rings. The standard InChI is InChI=1S/C22H15F3N2OS/c1-28-19-11-22(19)20(14-8-9-29-12-14)21(13-2-4-15(23)5-3-13)26-27(22)18-7-6-16(24)10-17(18)25/h2-12,20H,1H3. The average molecular weight is 412 g/mol. The van der Waals surface area contributed by atoms with Gasteiger partial charge in [-0.15, -0.1) is 0 Å². The molecular weight excluding hydrogens is 397 g/mol. The molecule has 7 heteroatoms. The smallest absolute Gasteiger partial charge is 0.154 e. The van der Waals surface area contributed by atoms with Gasteiger partial charge in [-0.3, -0.25) is 0 Å². The number of nitrogens with zero attached hydrogens (tertiary/aromatic N) is 2. The Bertz CT molecular complexity index is 1140. The molecule has 3 nitrogen and oxygen atoms in total. The summed E-state index contributed by atoms with van der Waals surface area (Å²) < 4.78 is 47.2. The van der Waals surface area contributed by atoms with Crippen molar-refractivity contribution < 1.29 is 17.9 Å². The van der Waals surface area contributed by atoms with Crippen molar-refractivity contribution in [3.8, 4) is 0 Å². The minimum absolute atomic E-state index is 0.145. The van der Waals surface area contributed by atoms with Crippen molar-refractivity contribution in [2.45, 2.75) is 11.5 Å². The molecule has 2 heterocycles. The molecule has 0 amide bonds. The molecule has 0 radical (unpaired) electrons. The van der Waals surface area contributed by atoms with Crippen molar-refractivity contribution in [1.82, 2.24) is 0 Å². The van der Waals surface area contributed by atoms with Gasteiger partial charge < -0.3 is 4.74 Å². The van der Waals surface area contributed by atoms with E-state index in [4.69, 9.17) is 9.84 Å². The zero-order valence-corrected chi connectivity index (χ0v) is 16.1. The van der Waals surface area contributed by atoms with Crippen molar-refractivity contribution in [2.24, 2.45) is 5.10 Å². The van der Waals surface area contributed by atoms with Crippen LogP contribution in [0.25, 0.3) is 0 Å². The van der Waals surface area contributed by atoms with Gasteiger partial charge in [0.15, 0.2) is 11.4 Å². The summed E-state index contributed by atoms with van der Waals surface area (Å²) >= 11 is 1.54. The first kappa shape index (κ1) is 18.0. The lowest BCUT2D eigenvalue weighted by atomic mass is 9.83. The molecule has 0 bridgehead atoms. The van der Waals surface area contributed by atoms with Crippen LogP contribution in [0.4, 0.5) is 18.9 Å². The molecule has 2 unspecified atom stereocenters. The second-order valence-electron chi connectivity index (χ2n) is 6.93. The zero-order chi connectivity index (χ0) is 20.2. The van der Waals surface area contributed by atoms with E-state index in [0.29, 0.717) is 11.5 Å². The molecule has 0 fully saturated rings. The summed E-state index contributed by atoms with van der Waals surface area (Å²) in [6.07, 6.45) is 1.89. The van der Waals surface area contributed by atoms with Gasteiger partial charge in [-0.2, -0.15) is 16.4 Å². The highest BCUT2D eigenvalue weighted by atomic mass is 32.1. The van der Waals surface area contributed by atoms with Crippen LogP contribution in [-0.2, 0) is 4.74 Å². The summed E-state index contributed by atoms with van der Waals surface area (Å²) in [7, 11) is 1.56. The second-order valence-corrected chi connectivity index (χ2v) is 7.71. The Kier molecular flexibility index (Phi) is 4.03. The summed E-state index contributed by atoms with van der Waals surface area (Å²) in [6, 6.07) is 11.4. The van der Waals surface area contributed by atoms with Gasteiger partial charge in [0.1, 0.15) is 17.4 Å². The molecule has 2 aromatic carbocycles. The van der Waals surface area contributed by atoms with E-state index in [0.717, 1.165) is 17.2 Å². The molecule has 29 heavy (non-hydrogen) atoms. The molecule has 146 valence electrons. The number of hydrogen-bond donors (Lipinski definition) is 0. The lowest BCUT2D eigenvalue weighted by molar-refractivity contribution is 0.279. The van der Waals surface area contributed by atoms with Crippen LogP contribution < -0.4 is 5.01 Å². The van der Waals surface area contributed by atoms with E-state index in [-0.39, 0.29) is 17.4 Å². The molecule has 5 rings (SSSR count). The second kappa shape index (κ2) is 6.49. The van der Waals surface area contributed by atoms with Crippen molar-refractivity contribution in [2.75, 3.05) is 12.1 Å². The Labute approximate surface area is 169 Å². The average Bonchev–Trinajstić information content (AvgIpc) is 3.02. The van der Waals surface area contributed by atoms with Crippen LogP contribution in [0.2, 0.25) is 0 Å².